The summed E-state index contributed by atoms with van der Waals surface area (Å²) >= 11 is 2.13. The minimum Gasteiger partial charge on any atom is -0.494 e. The van der Waals surface area contributed by atoms with Crippen LogP contribution in [0.1, 0.15) is 64.2 Å². The highest BCUT2D eigenvalue weighted by Gasteiger charge is 2.22. The summed E-state index contributed by atoms with van der Waals surface area (Å²) in [7, 11) is 0. The number of hydrogen-bond donors (Lipinski definition) is 0. The van der Waals surface area contributed by atoms with Gasteiger partial charge in [0.25, 0.3) is 5.56 Å². The second-order valence-electron chi connectivity index (χ2n) is 10.4. The van der Waals surface area contributed by atoms with Crippen LogP contribution in [0.15, 0.2) is 58.4 Å². The van der Waals surface area contributed by atoms with Gasteiger partial charge in [0.2, 0.25) is 0 Å². The fourth-order valence-electron chi connectivity index (χ4n) is 4.72. The standard InChI is InChI=1S/C34H38IN3O6/c1-8-41-29-15-21(6)26(18-25(29)20(4)5)32-37-28-14-12-11-13-24(28)33(39)38(32)36-19-23-16-27(35)31(30(17-23)42-9-2)44-22(7)34(40)43-10-3/h11-20,22H,8-10H2,1-7H3/t22-/m1/s1. The molecule has 0 amide bonds. The number of carbonyl (C=O) groups excluding carboxylic acids is 1. The molecule has 0 aliphatic heterocycles. The van der Waals surface area contributed by atoms with Crippen molar-refractivity contribution in [2.45, 2.75) is 60.5 Å². The van der Waals surface area contributed by atoms with E-state index in [2.05, 4.69) is 41.5 Å². The lowest BCUT2D eigenvalue weighted by molar-refractivity contribution is -0.150. The number of carbonyl (C=O) groups is 1. The van der Waals surface area contributed by atoms with E-state index in [1.807, 2.05) is 57.2 Å². The van der Waals surface area contributed by atoms with E-state index in [0.29, 0.717) is 50.6 Å². The van der Waals surface area contributed by atoms with Crippen LogP contribution in [0.5, 0.6) is 17.2 Å². The lowest BCUT2D eigenvalue weighted by Gasteiger charge is -2.19. The van der Waals surface area contributed by atoms with E-state index in [1.54, 1.807) is 32.2 Å². The summed E-state index contributed by atoms with van der Waals surface area (Å²) in [6.45, 7) is 14.6. The highest BCUT2D eigenvalue weighted by molar-refractivity contribution is 14.1. The average Bonchev–Trinajstić information content (AvgIpc) is 2.98. The Bertz CT molecular complexity index is 1750. The first-order chi connectivity index (χ1) is 21.1. The van der Waals surface area contributed by atoms with Crippen LogP contribution in [0.25, 0.3) is 22.3 Å². The van der Waals surface area contributed by atoms with E-state index in [4.69, 9.17) is 23.9 Å². The number of para-hydroxylation sites is 1. The van der Waals surface area contributed by atoms with Gasteiger partial charge in [-0.2, -0.15) is 9.78 Å². The number of benzene rings is 3. The Morgan fingerprint density at radius 3 is 2.39 bits per heavy atom. The van der Waals surface area contributed by atoms with Crippen molar-refractivity contribution in [3.05, 3.63) is 79.1 Å². The molecular weight excluding hydrogens is 673 g/mol. The van der Waals surface area contributed by atoms with Crippen molar-refractivity contribution in [2.24, 2.45) is 5.10 Å². The minimum absolute atomic E-state index is 0.186. The maximum Gasteiger partial charge on any atom is 0.347 e. The molecule has 9 nitrogen and oxygen atoms in total. The van der Waals surface area contributed by atoms with Crippen LogP contribution in [0.4, 0.5) is 0 Å². The monoisotopic (exact) mass is 711 g/mol. The molecule has 0 saturated carbocycles. The van der Waals surface area contributed by atoms with Gasteiger partial charge in [-0.05, 0) is 116 Å². The Labute approximate surface area is 271 Å². The quantitative estimate of drug-likeness (QED) is 0.0878. The zero-order valence-electron chi connectivity index (χ0n) is 26.1. The zero-order valence-corrected chi connectivity index (χ0v) is 28.3. The molecule has 0 radical (unpaired) electrons. The number of fused-ring (bicyclic) bond motifs is 1. The highest BCUT2D eigenvalue weighted by Crippen LogP contribution is 2.36. The fraction of sp³-hybridized carbons (Fsp3) is 0.353. The Morgan fingerprint density at radius 2 is 1.70 bits per heavy atom. The molecule has 0 N–H and O–H groups in total. The number of aryl methyl sites for hydroxylation is 1. The van der Waals surface area contributed by atoms with Crippen LogP contribution in [0.2, 0.25) is 0 Å². The molecule has 0 fully saturated rings. The number of nitrogens with zero attached hydrogens (tertiary/aromatic N) is 3. The van der Waals surface area contributed by atoms with Crippen molar-refractivity contribution in [1.29, 1.82) is 0 Å². The first kappa shape index (κ1) is 33.0. The Morgan fingerprint density at radius 1 is 1.00 bits per heavy atom. The third kappa shape index (κ3) is 7.23. The molecular formula is C34H38IN3O6. The van der Waals surface area contributed by atoms with E-state index < -0.39 is 12.1 Å². The van der Waals surface area contributed by atoms with Gasteiger partial charge in [-0.1, -0.05) is 26.0 Å². The highest BCUT2D eigenvalue weighted by atomic mass is 127. The molecule has 0 aliphatic carbocycles. The van der Waals surface area contributed by atoms with Gasteiger partial charge in [0.1, 0.15) is 5.75 Å². The molecule has 44 heavy (non-hydrogen) atoms. The van der Waals surface area contributed by atoms with Crippen LogP contribution < -0.4 is 19.8 Å². The first-order valence-electron chi connectivity index (χ1n) is 14.7. The summed E-state index contributed by atoms with van der Waals surface area (Å²) in [5.74, 6) is 1.85. The summed E-state index contributed by atoms with van der Waals surface area (Å²) in [5, 5.41) is 5.13. The second kappa shape index (κ2) is 14.7. The number of hydrogen-bond acceptors (Lipinski definition) is 8. The fourth-order valence-corrected chi connectivity index (χ4v) is 5.48. The number of halogens is 1. The van der Waals surface area contributed by atoms with Gasteiger partial charge >= 0.3 is 5.97 Å². The molecule has 1 heterocycles. The topological polar surface area (TPSA) is 101 Å². The van der Waals surface area contributed by atoms with E-state index in [1.165, 1.54) is 4.68 Å². The van der Waals surface area contributed by atoms with Crippen LogP contribution in [0.3, 0.4) is 0 Å². The van der Waals surface area contributed by atoms with Gasteiger partial charge in [0.05, 0.1) is 40.5 Å². The molecule has 0 unspecified atom stereocenters. The molecule has 4 rings (SSSR count). The summed E-state index contributed by atoms with van der Waals surface area (Å²) in [4.78, 5) is 31.0. The van der Waals surface area contributed by atoms with E-state index in [-0.39, 0.29) is 18.1 Å². The molecule has 0 spiro atoms. The number of ether oxygens (including phenoxy) is 4. The SMILES string of the molecule is CCOC(=O)[C@@H](C)Oc1c(I)cc(C=Nn2c(-c3cc(C(C)C)c(OCC)cc3C)nc3ccccc3c2=O)cc1OCC. The van der Waals surface area contributed by atoms with Gasteiger partial charge < -0.3 is 18.9 Å². The van der Waals surface area contributed by atoms with E-state index >= 15 is 0 Å². The molecule has 10 heteroatoms. The molecule has 0 aliphatic rings. The summed E-state index contributed by atoms with van der Waals surface area (Å²) in [6, 6.07) is 14.9. The number of aromatic nitrogens is 2. The third-order valence-corrected chi connectivity index (χ3v) is 7.64. The Hall–Kier alpha value is -3.93. The Balaban J connectivity index is 1.86. The molecule has 0 bridgehead atoms. The van der Waals surface area contributed by atoms with Crippen LogP contribution in [0, 0.1) is 10.5 Å². The molecule has 1 atom stereocenters. The predicted molar refractivity (Wildman–Crippen MR) is 181 cm³/mol. The second-order valence-corrected chi connectivity index (χ2v) is 11.5. The van der Waals surface area contributed by atoms with Crippen LogP contribution in [-0.2, 0) is 9.53 Å². The van der Waals surface area contributed by atoms with Crippen molar-refractivity contribution in [1.82, 2.24) is 9.66 Å². The molecule has 232 valence electrons. The van der Waals surface area contributed by atoms with Crippen molar-refractivity contribution in [3.63, 3.8) is 0 Å². The summed E-state index contributed by atoms with van der Waals surface area (Å²) in [6.07, 6.45) is 0.776. The maximum atomic E-state index is 13.9. The summed E-state index contributed by atoms with van der Waals surface area (Å²) in [5.41, 5.74) is 3.70. The molecule has 1 aromatic heterocycles. The van der Waals surface area contributed by atoms with Crippen molar-refractivity contribution >= 4 is 45.7 Å². The Kier molecular flexibility index (Phi) is 11.0. The lowest BCUT2D eigenvalue weighted by atomic mass is 9.96. The van der Waals surface area contributed by atoms with Gasteiger partial charge in [-0.3, -0.25) is 4.79 Å². The molecule has 0 saturated heterocycles. The van der Waals surface area contributed by atoms with E-state index in [0.717, 1.165) is 22.4 Å². The largest absolute Gasteiger partial charge is 0.494 e. The maximum absolute atomic E-state index is 13.9. The third-order valence-electron chi connectivity index (χ3n) is 6.84. The zero-order chi connectivity index (χ0) is 32.0. The van der Waals surface area contributed by atoms with Crippen LogP contribution >= 0.6 is 22.6 Å². The normalized spacial score (nSPS) is 12.1. The molecule has 3 aromatic carbocycles. The first-order valence-corrected chi connectivity index (χ1v) is 15.8. The number of esters is 1. The van der Waals surface area contributed by atoms with Crippen molar-refractivity contribution < 1.29 is 23.7 Å². The lowest BCUT2D eigenvalue weighted by Crippen LogP contribution is -2.26. The average molecular weight is 712 g/mol. The van der Waals surface area contributed by atoms with Gasteiger partial charge in [0, 0.05) is 5.56 Å². The smallest absolute Gasteiger partial charge is 0.347 e. The van der Waals surface area contributed by atoms with Gasteiger partial charge in [0.15, 0.2) is 23.4 Å². The van der Waals surface area contributed by atoms with Crippen molar-refractivity contribution in [3.8, 4) is 28.6 Å². The van der Waals surface area contributed by atoms with Crippen molar-refractivity contribution in [2.75, 3.05) is 19.8 Å². The number of rotatable bonds is 12. The van der Waals surface area contributed by atoms with Gasteiger partial charge in [-0.15, -0.1) is 0 Å². The van der Waals surface area contributed by atoms with E-state index in [9.17, 15) is 9.59 Å². The summed E-state index contributed by atoms with van der Waals surface area (Å²) < 4.78 is 24.9. The predicted octanol–water partition coefficient (Wildman–Crippen LogP) is 7.11. The van der Waals surface area contributed by atoms with Gasteiger partial charge in [-0.25, -0.2) is 9.78 Å². The van der Waals surface area contributed by atoms with Crippen LogP contribution in [-0.4, -0.2) is 47.8 Å². The molecule has 4 aromatic rings. The minimum atomic E-state index is -0.819.